The monoisotopic (exact) mass is 563 g/mol. The van der Waals surface area contributed by atoms with Crippen molar-refractivity contribution >= 4 is 22.9 Å². The first kappa shape index (κ1) is 29.2. The number of esters is 1. The lowest BCUT2D eigenvalue weighted by Crippen LogP contribution is -2.44. The van der Waals surface area contributed by atoms with Gasteiger partial charge in [0.15, 0.2) is 0 Å². The van der Waals surface area contributed by atoms with Crippen LogP contribution in [0.25, 0.3) is 11.0 Å². The Bertz CT molecular complexity index is 1310. The van der Waals surface area contributed by atoms with Crippen LogP contribution in [0.15, 0.2) is 48.5 Å². The molecule has 0 aliphatic heterocycles. The Morgan fingerprint density at radius 2 is 1.76 bits per heavy atom. The van der Waals surface area contributed by atoms with E-state index in [9.17, 15) is 14.0 Å². The molecular weight excluding hydrogens is 521 g/mol. The van der Waals surface area contributed by atoms with Crippen molar-refractivity contribution in [1.82, 2.24) is 14.9 Å². The standard InChI is InChI=1S/C33H42FN3O4/c1-3-41-29(38)20-22-14-17-26(18-15-22)35-33(39)30(23-10-6-4-7-11-23)37-28-19-16-25(34)21-27(28)36-32(37)31(40-2)24-12-8-5-9-13-24/h5,8-9,12-13,16,19,21-23,26,30-31H,3-4,6-7,10-11,14-15,17-18,20H2,1-2H3,(H,35,39). The summed E-state index contributed by atoms with van der Waals surface area (Å²) >= 11 is 0. The molecule has 2 aliphatic rings. The number of imidazole rings is 1. The quantitative estimate of drug-likeness (QED) is 0.279. The molecule has 0 spiro atoms. The van der Waals surface area contributed by atoms with Crippen LogP contribution in [0.4, 0.5) is 4.39 Å². The van der Waals surface area contributed by atoms with Gasteiger partial charge in [-0.3, -0.25) is 9.59 Å². The maximum atomic E-state index is 14.4. The average molecular weight is 564 g/mol. The van der Waals surface area contributed by atoms with Crippen LogP contribution in [-0.4, -0.2) is 41.2 Å². The van der Waals surface area contributed by atoms with Gasteiger partial charge in [-0.15, -0.1) is 0 Å². The van der Waals surface area contributed by atoms with E-state index in [1.54, 1.807) is 13.2 Å². The van der Waals surface area contributed by atoms with E-state index in [0.717, 1.165) is 62.4 Å². The summed E-state index contributed by atoms with van der Waals surface area (Å²) in [6, 6.07) is 14.0. The maximum absolute atomic E-state index is 14.4. The number of nitrogens with zero attached hydrogens (tertiary/aromatic N) is 2. The van der Waals surface area contributed by atoms with Gasteiger partial charge < -0.3 is 19.4 Å². The zero-order chi connectivity index (χ0) is 28.8. The highest BCUT2D eigenvalue weighted by atomic mass is 19.1. The number of amides is 1. The third-order valence-electron chi connectivity index (χ3n) is 8.85. The van der Waals surface area contributed by atoms with Gasteiger partial charge in [0.25, 0.3) is 0 Å². The van der Waals surface area contributed by atoms with Crippen LogP contribution in [0.1, 0.15) is 94.7 Å². The molecule has 2 atom stereocenters. The molecule has 2 saturated carbocycles. The van der Waals surface area contributed by atoms with E-state index in [4.69, 9.17) is 14.5 Å². The molecular formula is C33H42FN3O4. The minimum atomic E-state index is -0.510. The molecule has 8 heteroatoms. The van der Waals surface area contributed by atoms with Crippen LogP contribution >= 0.6 is 0 Å². The van der Waals surface area contributed by atoms with Gasteiger partial charge in [-0.2, -0.15) is 0 Å². The summed E-state index contributed by atoms with van der Waals surface area (Å²) in [5, 5.41) is 3.38. The van der Waals surface area contributed by atoms with Crippen LogP contribution in [0.2, 0.25) is 0 Å². The van der Waals surface area contributed by atoms with Crippen molar-refractivity contribution in [3.63, 3.8) is 0 Å². The number of halogens is 1. The molecule has 41 heavy (non-hydrogen) atoms. The number of hydrogen-bond acceptors (Lipinski definition) is 5. The first-order valence-corrected chi connectivity index (χ1v) is 15.2. The number of benzene rings is 2. The van der Waals surface area contributed by atoms with Crippen LogP contribution in [0, 0.1) is 17.7 Å². The number of rotatable bonds is 10. The number of methoxy groups -OCH3 is 1. The highest BCUT2D eigenvalue weighted by molar-refractivity contribution is 5.85. The number of carbonyl (C=O) groups excluding carboxylic acids is 2. The van der Waals surface area contributed by atoms with Gasteiger partial charge in [-0.1, -0.05) is 49.6 Å². The minimum absolute atomic E-state index is 0.0152. The lowest BCUT2D eigenvalue weighted by atomic mass is 9.82. The predicted octanol–water partition coefficient (Wildman–Crippen LogP) is 6.66. The molecule has 1 amide bonds. The van der Waals surface area contributed by atoms with E-state index in [1.807, 2.05) is 41.8 Å². The van der Waals surface area contributed by atoms with Gasteiger partial charge in [0.1, 0.15) is 23.8 Å². The van der Waals surface area contributed by atoms with Crippen molar-refractivity contribution in [1.29, 1.82) is 0 Å². The Morgan fingerprint density at radius 1 is 1.02 bits per heavy atom. The Hall–Kier alpha value is -3.26. The molecule has 0 saturated heterocycles. The Kier molecular flexibility index (Phi) is 9.70. The summed E-state index contributed by atoms with van der Waals surface area (Å²) in [6.45, 7) is 2.23. The molecule has 2 unspecified atom stereocenters. The second-order valence-electron chi connectivity index (χ2n) is 11.6. The van der Waals surface area contributed by atoms with Crippen LogP contribution in [0.3, 0.4) is 0 Å². The van der Waals surface area contributed by atoms with Crippen molar-refractivity contribution < 1.29 is 23.5 Å². The Morgan fingerprint density at radius 3 is 2.44 bits per heavy atom. The number of carbonyl (C=O) groups is 2. The third-order valence-corrected chi connectivity index (χ3v) is 8.85. The smallest absolute Gasteiger partial charge is 0.306 e. The summed E-state index contributed by atoms with van der Waals surface area (Å²) in [7, 11) is 1.65. The van der Waals surface area contributed by atoms with Crippen molar-refractivity contribution in [2.45, 2.75) is 89.3 Å². The lowest BCUT2D eigenvalue weighted by molar-refractivity contribution is -0.144. The summed E-state index contributed by atoms with van der Waals surface area (Å²) in [6.07, 6.45) is 8.60. The molecule has 7 nitrogen and oxygen atoms in total. The fourth-order valence-corrected chi connectivity index (χ4v) is 6.83. The molecule has 1 N–H and O–H groups in total. The maximum Gasteiger partial charge on any atom is 0.306 e. The van der Waals surface area contributed by atoms with Crippen molar-refractivity contribution in [3.05, 3.63) is 65.7 Å². The summed E-state index contributed by atoms with van der Waals surface area (Å²) in [5.74, 6) is 0.531. The van der Waals surface area contributed by atoms with E-state index in [1.165, 1.54) is 18.6 Å². The number of ether oxygens (including phenoxy) is 2. The molecule has 3 aromatic rings. The molecule has 2 aromatic carbocycles. The minimum Gasteiger partial charge on any atom is -0.466 e. The van der Waals surface area contributed by atoms with Crippen molar-refractivity contribution in [3.8, 4) is 0 Å². The fourth-order valence-electron chi connectivity index (χ4n) is 6.83. The highest BCUT2D eigenvalue weighted by Gasteiger charge is 2.37. The number of aromatic nitrogens is 2. The van der Waals surface area contributed by atoms with E-state index in [0.29, 0.717) is 30.3 Å². The normalized spacial score (nSPS) is 21.3. The van der Waals surface area contributed by atoms with E-state index in [-0.39, 0.29) is 29.7 Å². The Balaban J connectivity index is 1.47. The molecule has 1 aromatic heterocycles. The van der Waals surface area contributed by atoms with Gasteiger partial charge in [0, 0.05) is 25.6 Å². The molecule has 2 aliphatic carbocycles. The van der Waals surface area contributed by atoms with Crippen LogP contribution in [-0.2, 0) is 19.1 Å². The predicted molar refractivity (Wildman–Crippen MR) is 156 cm³/mol. The first-order valence-electron chi connectivity index (χ1n) is 15.2. The van der Waals surface area contributed by atoms with Crippen molar-refractivity contribution in [2.75, 3.05) is 13.7 Å². The molecule has 5 rings (SSSR count). The second-order valence-corrected chi connectivity index (χ2v) is 11.6. The lowest BCUT2D eigenvalue weighted by Gasteiger charge is -2.35. The molecule has 1 heterocycles. The second kappa shape index (κ2) is 13.6. The van der Waals surface area contributed by atoms with Gasteiger partial charge >= 0.3 is 5.97 Å². The van der Waals surface area contributed by atoms with Gasteiger partial charge in [-0.05, 0) is 75.0 Å². The van der Waals surface area contributed by atoms with E-state index < -0.39 is 12.1 Å². The van der Waals surface area contributed by atoms with Gasteiger partial charge in [-0.25, -0.2) is 9.37 Å². The van der Waals surface area contributed by atoms with Gasteiger partial charge in [0.2, 0.25) is 5.91 Å². The summed E-state index contributed by atoms with van der Waals surface area (Å²) in [4.78, 5) is 31.2. The first-order chi connectivity index (χ1) is 20.0. The largest absolute Gasteiger partial charge is 0.466 e. The van der Waals surface area contributed by atoms with E-state index in [2.05, 4.69) is 5.32 Å². The summed E-state index contributed by atoms with van der Waals surface area (Å²) in [5.41, 5.74) is 2.18. The average Bonchev–Trinajstić information content (AvgIpc) is 3.33. The number of nitrogens with one attached hydrogen (secondary N) is 1. The highest BCUT2D eigenvalue weighted by Crippen LogP contribution is 2.39. The van der Waals surface area contributed by atoms with Crippen LogP contribution < -0.4 is 5.32 Å². The van der Waals surface area contributed by atoms with Crippen LogP contribution in [0.5, 0.6) is 0 Å². The molecule has 2 fully saturated rings. The Labute approximate surface area is 241 Å². The zero-order valence-corrected chi connectivity index (χ0v) is 24.2. The number of fused-ring (bicyclic) bond motifs is 1. The molecule has 220 valence electrons. The topological polar surface area (TPSA) is 82.5 Å². The van der Waals surface area contributed by atoms with Crippen molar-refractivity contribution in [2.24, 2.45) is 11.8 Å². The van der Waals surface area contributed by atoms with Gasteiger partial charge in [0.05, 0.1) is 17.6 Å². The zero-order valence-electron chi connectivity index (χ0n) is 24.2. The third kappa shape index (κ3) is 6.80. The molecule has 0 bridgehead atoms. The molecule has 0 radical (unpaired) electrons. The SMILES string of the molecule is CCOC(=O)CC1CCC(NC(=O)C(C2CCCCC2)n2c(C(OC)c3ccccc3)nc3cc(F)ccc32)CC1. The van der Waals surface area contributed by atoms with E-state index >= 15 is 0 Å². The number of hydrogen-bond donors (Lipinski definition) is 1. The summed E-state index contributed by atoms with van der Waals surface area (Å²) < 4.78 is 27.6. The fraction of sp³-hybridized carbons (Fsp3) is 0.545.